The standard InChI is InChI=1S/C16H26N2O2S/c1-6-11-18(14(4)5)21(19,20)16-9-7-15(8-10-16)12-17-13(2)3/h6-10,13-14,17H,1,11-12H2,2-5H3. The van der Waals surface area contributed by atoms with E-state index in [2.05, 4.69) is 25.7 Å². The minimum absolute atomic E-state index is 0.102. The summed E-state index contributed by atoms with van der Waals surface area (Å²) in [6.07, 6.45) is 1.61. The van der Waals surface area contributed by atoms with Crippen molar-refractivity contribution < 1.29 is 8.42 Å². The van der Waals surface area contributed by atoms with Crippen molar-refractivity contribution in [2.45, 2.75) is 51.2 Å². The molecule has 0 unspecified atom stereocenters. The first-order chi connectivity index (χ1) is 9.78. The van der Waals surface area contributed by atoms with Crippen LogP contribution in [0.4, 0.5) is 0 Å². The van der Waals surface area contributed by atoms with Crippen LogP contribution in [0, 0.1) is 0 Å². The highest BCUT2D eigenvalue weighted by molar-refractivity contribution is 7.89. The fourth-order valence-corrected chi connectivity index (χ4v) is 3.56. The average molecular weight is 310 g/mol. The molecule has 1 N–H and O–H groups in total. The zero-order valence-electron chi connectivity index (χ0n) is 13.3. The summed E-state index contributed by atoms with van der Waals surface area (Å²) < 4.78 is 26.7. The zero-order valence-corrected chi connectivity index (χ0v) is 14.2. The summed E-state index contributed by atoms with van der Waals surface area (Å²) >= 11 is 0. The van der Waals surface area contributed by atoms with Crippen molar-refractivity contribution in [3.63, 3.8) is 0 Å². The van der Waals surface area contributed by atoms with Crippen LogP contribution in [0.25, 0.3) is 0 Å². The summed E-state index contributed by atoms with van der Waals surface area (Å²) in [5, 5.41) is 3.31. The van der Waals surface area contributed by atoms with Crippen molar-refractivity contribution in [2.75, 3.05) is 6.54 Å². The van der Waals surface area contributed by atoms with Crippen molar-refractivity contribution in [1.82, 2.24) is 9.62 Å². The quantitative estimate of drug-likeness (QED) is 0.751. The Morgan fingerprint density at radius 1 is 1.19 bits per heavy atom. The van der Waals surface area contributed by atoms with Crippen molar-refractivity contribution in [3.05, 3.63) is 42.5 Å². The molecular weight excluding hydrogens is 284 g/mol. The summed E-state index contributed by atoms with van der Waals surface area (Å²) in [5.74, 6) is 0. The number of nitrogens with one attached hydrogen (secondary N) is 1. The highest BCUT2D eigenvalue weighted by Crippen LogP contribution is 2.18. The second-order valence-corrected chi connectivity index (χ2v) is 7.53. The van der Waals surface area contributed by atoms with Gasteiger partial charge in [-0.15, -0.1) is 6.58 Å². The Kier molecular flexibility index (Phi) is 6.58. The molecule has 0 aromatic heterocycles. The molecule has 0 aliphatic carbocycles. The molecule has 0 spiro atoms. The average Bonchev–Trinajstić information content (AvgIpc) is 2.42. The molecule has 0 aliphatic heterocycles. The van der Waals surface area contributed by atoms with Gasteiger partial charge in [0.05, 0.1) is 4.90 Å². The molecule has 0 amide bonds. The molecule has 118 valence electrons. The molecule has 0 saturated heterocycles. The normalized spacial score (nSPS) is 12.3. The van der Waals surface area contributed by atoms with Gasteiger partial charge in [0, 0.05) is 25.2 Å². The first kappa shape index (κ1) is 17.9. The van der Waals surface area contributed by atoms with Gasteiger partial charge in [0.2, 0.25) is 10.0 Å². The van der Waals surface area contributed by atoms with Gasteiger partial charge in [-0.05, 0) is 31.5 Å². The molecule has 0 atom stereocenters. The van der Waals surface area contributed by atoms with E-state index < -0.39 is 10.0 Å². The van der Waals surface area contributed by atoms with Crippen LogP contribution >= 0.6 is 0 Å². The van der Waals surface area contributed by atoms with Gasteiger partial charge in [-0.2, -0.15) is 4.31 Å². The molecule has 1 rings (SSSR count). The van der Waals surface area contributed by atoms with Gasteiger partial charge in [-0.25, -0.2) is 8.42 Å². The molecule has 1 aromatic carbocycles. The first-order valence-corrected chi connectivity index (χ1v) is 8.68. The summed E-state index contributed by atoms with van der Waals surface area (Å²) in [7, 11) is -3.47. The van der Waals surface area contributed by atoms with Gasteiger partial charge in [0.15, 0.2) is 0 Å². The van der Waals surface area contributed by atoms with Crippen molar-refractivity contribution in [2.24, 2.45) is 0 Å². The third-order valence-corrected chi connectivity index (χ3v) is 5.19. The Balaban J connectivity index is 2.95. The van der Waals surface area contributed by atoms with Crippen LogP contribution in [0.1, 0.15) is 33.3 Å². The SMILES string of the molecule is C=CCN(C(C)C)S(=O)(=O)c1ccc(CNC(C)C)cc1. The lowest BCUT2D eigenvalue weighted by Crippen LogP contribution is -2.37. The third-order valence-electron chi connectivity index (χ3n) is 3.13. The topological polar surface area (TPSA) is 49.4 Å². The Morgan fingerprint density at radius 3 is 2.19 bits per heavy atom. The summed E-state index contributed by atoms with van der Waals surface area (Å²) in [4.78, 5) is 0.325. The highest BCUT2D eigenvalue weighted by atomic mass is 32.2. The Bertz CT molecular complexity index is 548. The van der Waals surface area contributed by atoms with E-state index in [1.165, 1.54) is 4.31 Å². The second-order valence-electron chi connectivity index (χ2n) is 5.64. The fourth-order valence-electron chi connectivity index (χ4n) is 1.95. The maximum atomic E-state index is 12.6. The number of hydrogen-bond donors (Lipinski definition) is 1. The fraction of sp³-hybridized carbons (Fsp3) is 0.500. The van der Waals surface area contributed by atoms with E-state index in [1.807, 2.05) is 26.0 Å². The number of rotatable bonds is 8. The maximum Gasteiger partial charge on any atom is 0.243 e. The molecule has 1 aromatic rings. The highest BCUT2D eigenvalue weighted by Gasteiger charge is 2.25. The summed E-state index contributed by atoms with van der Waals surface area (Å²) in [5.41, 5.74) is 1.07. The Hall–Kier alpha value is -1.17. The van der Waals surface area contributed by atoms with Crippen molar-refractivity contribution in [3.8, 4) is 0 Å². The number of benzene rings is 1. The molecule has 0 bridgehead atoms. The predicted octanol–water partition coefficient (Wildman–Crippen LogP) is 2.77. The zero-order chi connectivity index (χ0) is 16.0. The van der Waals surface area contributed by atoms with E-state index in [9.17, 15) is 8.42 Å². The van der Waals surface area contributed by atoms with E-state index >= 15 is 0 Å². The smallest absolute Gasteiger partial charge is 0.243 e. The molecule has 4 nitrogen and oxygen atoms in total. The monoisotopic (exact) mass is 310 g/mol. The molecule has 0 saturated carbocycles. The molecule has 0 aliphatic rings. The molecule has 0 fully saturated rings. The van der Waals surface area contributed by atoms with Crippen molar-refractivity contribution in [1.29, 1.82) is 0 Å². The number of sulfonamides is 1. The minimum Gasteiger partial charge on any atom is -0.310 e. The second kappa shape index (κ2) is 7.73. The van der Waals surface area contributed by atoms with E-state index in [4.69, 9.17) is 0 Å². The number of hydrogen-bond acceptors (Lipinski definition) is 3. The molecule has 0 radical (unpaired) electrons. The molecule has 5 heteroatoms. The lowest BCUT2D eigenvalue weighted by Gasteiger charge is -2.24. The summed E-state index contributed by atoms with van der Waals surface area (Å²) in [6.45, 7) is 12.6. The maximum absolute atomic E-state index is 12.6. The van der Waals surface area contributed by atoms with Gasteiger partial charge in [0.1, 0.15) is 0 Å². The van der Waals surface area contributed by atoms with E-state index in [0.29, 0.717) is 17.5 Å². The molecular formula is C16H26N2O2S. The van der Waals surface area contributed by atoms with Gasteiger partial charge >= 0.3 is 0 Å². The van der Waals surface area contributed by atoms with Crippen LogP contribution < -0.4 is 5.32 Å². The van der Waals surface area contributed by atoms with Gasteiger partial charge < -0.3 is 5.32 Å². The largest absolute Gasteiger partial charge is 0.310 e. The lowest BCUT2D eigenvalue weighted by atomic mass is 10.2. The van der Waals surface area contributed by atoms with Crippen LogP contribution in [0.15, 0.2) is 41.8 Å². The minimum atomic E-state index is -3.47. The number of nitrogens with zero attached hydrogens (tertiary/aromatic N) is 1. The third kappa shape index (κ3) is 4.95. The van der Waals surface area contributed by atoms with Crippen LogP contribution in [-0.2, 0) is 16.6 Å². The van der Waals surface area contributed by atoms with Gasteiger partial charge in [-0.1, -0.05) is 32.1 Å². The van der Waals surface area contributed by atoms with Gasteiger partial charge in [0.25, 0.3) is 0 Å². The van der Waals surface area contributed by atoms with Crippen LogP contribution in [0.3, 0.4) is 0 Å². The predicted molar refractivity (Wildman–Crippen MR) is 87.6 cm³/mol. The van der Waals surface area contributed by atoms with E-state index in [0.717, 1.165) is 12.1 Å². The molecule has 0 heterocycles. The Labute approximate surface area is 128 Å². The van der Waals surface area contributed by atoms with Gasteiger partial charge in [-0.3, -0.25) is 0 Å². The molecule has 21 heavy (non-hydrogen) atoms. The van der Waals surface area contributed by atoms with E-state index in [1.54, 1.807) is 18.2 Å². The lowest BCUT2D eigenvalue weighted by molar-refractivity contribution is 0.383. The Morgan fingerprint density at radius 2 is 1.76 bits per heavy atom. The van der Waals surface area contributed by atoms with Crippen LogP contribution in [0.5, 0.6) is 0 Å². The first-order valence-electron chi connectivity index (χ1n) is 7.24. The van der Waals surface area contributed by atoms with E-state index in [-0.39, 0.29) is 6.04 Å². The van der Waals surface area contributed by atoms with Crippen LogP contribution in [-0.4, -0.2) is 31.4 Å². The summed E-state index contributed by atoms with van der Waals surface area (Å²) in [6, 6.07) is 7.35. The van der Waals surface area contributed by atoms with Crippen molar-refractivity contribution >= 4 is 10.0 Å². The van der Waals surface area contributed by atoms with Crippen LogP contribution in [0.2, 0.25) is 0 Å².